The number of halogens is 1. The van der Waals surface area contributed by atoms with Crippen molar-refractivity contribution in [3.63, 3.8) is 0 Å². The SMILES string of the molecule is NCc1ccc(Cl)cc1NCCCO. The fourth-order valence-corrected chi connectivity index (χ4v) is 1.37. The van der Waals surface area contributed by atoms with Crippen LogP contribution in [0, 0.1) is 0 Å². The van der Waals surface area contributed by atoms with Crippen LogP contribution in [0.4, 0.5) is 5.69 Å². The molecular formula is C10H15ClN2O. The highest BCUT2D eigenvalue weighted by Crippen LogP contribution is 2.20. The molecule has 14 heavy (non-hydrogen) atoms. The predicted octanol–water partition coefficient (Wildman–Crippen LogP) is 1.59. The number of nitrogens with two attached hydrogens (primary N) is 1. The Hall–Kier alpha value is -0.770. The molecule has 1 aromatic carbocycles. The summed E-state index contributed by atoms with van der Waals surface area (Å²) < 4.78 is 0. The molecule has 0 saturated carbocycles. The normalized spacial score (nSPS) is 10.2. The van der Waals surface area contributed by atoms with Gasteiger partial charge in [-0.15, -0.1) is 0 Å². The van der Waals surface area contributed by atoms with Gasteiger partial charge in [0.25, 0.3) is 0 Å². The van der Waals surface area contributed by atoms with E-state index in [1.54, 1.807) is 0 Å². The minimum Gasteiger partial charge on any atom is -0.396 e. The lowest BCUT2D eigenvalue weighted by Gasteiger charge is -2.10. The number of hydrogen-bond acceptors (Lipinski definition) is 3. The Balaban J connectivity index is 2.67. The molecule has 0 fully saturated rings. The molecule has 1 rings (SSSR count). The van der Waals surface area contributed by atoms with Gasteiger partial charge in [-0.2, -0.15) is 0 Å². The van der Waals surface area contributed by atoms with Gasteiger partial charge in [0.1, 0.15) is 0 Å². The first-order chi connectivity index (χ1) is 6.77. The van der Waals surface area contributed by atoms with Crippen LogP contribution >= 0.6 is 11.6 Å². The average Bonchev–Trinajstić information content (AvgIpc) is 2.19. The molecule has 0 saturated heterocycles. The van der Waals surface area contributed by atoms with E-state index in [-0.39, 0.29) is 6.61 Å². The van der Waals surface area contributed by atoms with Gasteiger partial charge < -0.3 is 16.2 Å². The maximum atomic E-state index is 8.63. The molecule has 0 heterocycles. The zero-order chi connectivity index (χ0) is 10.4. The van der Waals surface area contributed by atoms with Crippen LogP contribution in [0.15, 0.2) is 18.2 Å². The number of hydrogen-bond donors (Lipinski definition) is 3. The Morgan fingerprint density at radius 1 is 1.43 bits per heavy atom. The summed E-state index contributed by atoms with van der Waals surface area (Å²) in [4.78, 5) is 0. The Kier molecular flexibility index (Phi) is 4.73. The number of rotatable bonds is 5. The molecule has 0 aliphatic heterocycles. The summed E-state index contributed by atoms with van der Waals surface area (Å²) in [5, 5.41) is 12.5. The van der Waals surface area contributed by atoms with Crippen LogP contribution in [0.1, 0.15) is 12.0 Å². The van der Waals surface area contributed by atoms with Gasteiger partial charge in [0, 0.05) is 30.4 Å². The van der Waals surface area contributed by atoms with Crippen LogP contribution in [0.25, 0.3) is 0 Å². The summed E-state index contributed by atoms with van der Waals surface area (Å²) in [7, 11) is 0. The highest BCUT2D eigenvalue weighted by molar-refractivity contribution is 6.30. The van der Waals surface area contributed by atoms with Crippen molar-refractivity contribution in [2.45, 2.75) is 13.0 Å². The molecule has 0 spiro atoms. The molecule has 0 aliphatic rings. The monoisotopic (exact) mass is 214 g/mol. The third kappa shape index (κ3) is 3.18. The molecule has 4 N–H and O–H groups in total. The molecule has 0 aromatic heterocycles. The smallest absolute Gasteiger partial charge is 0.0447 e. The maximum absolute atomic E-state index is 8.63. The summed E-state index contributed by atoms with van der Waals surface area (Å²) in [6, 6.07) is 5.58. The van der Waals surface area contributed by atoms with E-state index in [9.17, 15) is 0 Å². The van der Waals surface area contributed by atoms with Gasteiger partial charge in [0.15, 0.2) is 0 Å². The average molecular weight is 215 g/mol. The van der Waals surface area contributed by atoms with E-state index >= 15 is 0 Å². The second-order valence-corrected chi connectivity index (χ2v) is 3.45. The fourth-order valence-electron chi connectivity index (χ4n) is 1.19. The van der Waals surface area contributed by atoms with E-state index in [4.69, 9.17) is 22.4 Å². The highest BCUT2D eigenvalue weighted by atomic mass is 35.5. The summed E-state index contributed by atoms with van der Waals surface area (Å²) in [5.74, 6) is 0. The second kappa shape index (κ2) is 5.86. The van der Waals surface area contributed by atoms with E-state index in [0.717, 1.165) is 24.2 Å². The van der Waals surface area contributed by atoms with E-state index in [1.165, 1.54) is 0 Å². The van der Waals surface area contributed by atoms with Crippen LogP contribution in [-0.2, 0) is 6.54 Å². The molecule has 0 amide bonds. The van der Waals surface area contributed by atoms with Gasteiger partial charge in [0.2, 0.25) is 0 Å². The summed E-state index contributed by atoms with van der Waals surface area (Å²) in [6.07, 6.45) is 0.719. The quantitative estimate of drug-likeness (QED) is 0.653. The van der Waals surface area contributed by atoms with E-state index in [1.807, 2.05) is 18.2 Å². The summed E-state index contributed by atoms with van der Waals surface area (Å²) >= 11 is 5.86. The number of aliphatic hydroxyl groups excluding tert-OH is 1. The van der Waals surface area contributed by atoms with Crippen molar-refractivity contribution >= 4 is 17.3 Å². The summed E-state index contributed by atoms with van der Waals surface area (Å²) in [6.45, 7) is 1.40. The number of nitrogens with one attached hydrogen (secondary N) is 1. The Labute approximate surface area is 88.9 Å². The van der Waals surface area contributed by atoms with Crippen molar-refractivity contribution in [1.82, 2.24) is 0 Å². The lowest BCUT2D eigenvalue weighted by atomic mass is 10.2. The first-order valence-electron chi connectivity index (χ1n) is 4.61. The molecule has 1 aromatic rings. The van der Waals surface area contributed by atoms with Crippen LogP contribution < -0.4 is 11.1 Å². The Morgan fingerprint density at radius 2 is 2.21 bits per heavy atom. The Bertz CT molecular complexity index is 291. The van der Waals surface area contributed by atoms with Crippen LogP contribution in [0.5, 0.6) is 0 Å². The van der Waals surface area contributed by atoms with Crippen molar-refractivity contribution in [2.24, 2.45) is 5.73 Å². The van der Waals surface area contributed by atoms with Crippen LogP contribution in [-0.4, -0.2) is 18.3 Å². The molecular weight excluding hydrogens is 200 g/mol. The zero-order valence-electron chi connectivity index (χ0n) is 7.96. The van der Waals surface area contributed by atoms with Crippen LogP contribution in [0.3, 0.4) is 0 Å². The number of aliphatic hydroxyl groups is 1. The van der Waals surface area contributed by atoms with Gasteiger partial charge in [-0.1, -0.05) is 17.7 Å². The van der Waals surface area contributed by atoms with E-state index < -0.39 is 0 Å². The molecule has 0 radical (unpaired) electrons. The van der Waals surface area contributed by atoms with E-state index in [0.29, 0.717) is 11.6 Å². The third-order valence-electron chi connectivity index (χ3n) is 1.94. The van der Waals surface area contributed by atoms with Crippen molar-refractivity contribution in [1.29, 1.82) is 0 Å². The second-order valence-electron chi connectivity index (χ2n) is 3.01. The third-order valence-corrected chi connectivity index (χ3v) is 2.18. The minimum absolute atomic E-state index is 0.186. The van der Waals surface area contributed by atoms with Gasteiger partial charge in [0.05, 0.1) is 0 Å². The Morgan fingerprint density at radius 3 is 2.86 bits per heavy atom. The topological polar surface area (TPSA) is 58.3 Å². The highest BCUT2D eigenvalue weighted by Gasteiger charge is 2.00. The lowest BCUT2D eigenvalue weighted by Crippen LogP contribution is -2.07. The van der Waals surface area contributed by atoms with Gasteiger partial charge in [-0.25, -0.2) is 0 Å². The fraction of sp³-hybridized carbons (Fsp3) is 0.400. The first kappa shape index (κ1) is 11.3. The molecule has 4 heteroatoms. The van der Waals surface area contributed by atoms with Gasteiger partial charge >= 0.3 is 0 Å². The largest absolute Gasteiger partial charge is 0.396 e. The standard InChI is InChI=1S/C10H15ClN2O/c11-9-3-2-8(7-12)10(6-9)13-4-1-5-14/h2-3,6,13-14H,1,4-5,7,12H2. The molecule has 0 bridgehead atoms. The lowest BCUT2D eigenvalue weighted by molar-refractivity contribution is 0.292. The van der Waals surface area contributed by atoms with Crippen molar-refractivity contribution in [3.05, 3.63) is 28.8 Å². The van der Waals surface area contributed by atoms with Gasteiger partial charge in [-0.05, 0) is 24.1 Å². The number of anilines is 1. The van der Waals surface area contributed by atoms with Crippen molar-refractivity contribution in [3.8, 4) is 0 Å². The summed E-state index contributed by atoms with van der Waals surface area (Å²) in [5.41, 5.74) is 7.56. The first-order valence-corrected chi connectivity index (χ1v) is 4.99. The molecule has 78 valence electrons. The zero-order valence-corrected chi connectivity index (χ0v) is 8.72. The van der Waals surface area contributed by atoms with Crippen LogP contribution in [0.2, 0.25) is 5.02 Å². The molecule has 3 nitrogen and oxygen atoms in total. The number of benzene rings is 1. The minimum atomic E-state index is 0.186. The maximum Gasteiger partial charge on any atom is 0.0447 e. The predicted molar refractivity (Wildman–Crippen MR) is 59.5 cm³/mol. The van der Waals surface area contributed by atoms with E-state index in [2.05, 4.69) is 5.32 Å². The van der Waals surface area contributed by atoms with Crippen molar-refractivity contribution in [2.75, 3.05) is 18.5 Å². The molecule has 0 aliphatic carbocycles. The van der Waals surface area contributed by atoms with Gasteiger partial charge in [-0.3, -0.25) is 0 Å². The van der Waals surface area contributed by atoms with Crippen molar-refractivity contribution < 1.29 is 5.11 Å². The molecule has 0 unspecified atom stereocenters. The molecule has 0 atom stereocenters.